The number of nitrogens with one attached hydrogen (secondary N) is 1. The Morgan fingerprint density at radius 1 is 1.00 bits per heavy atom. The van der Waals surface area contributed by atoms with Crippen LogP contribution in [0.15, 0.2) is 77.6 Å². The Kier molecular flexibility index (Phi) is 7.22. The zero-order chi connectivity index (χ0) is 30.6. The van der Waals surface area contributed by atoms with Crippen LogP contribution in [0.2, 0.25) is 5.02 Å². The molecule has 3 unspecified atom stereocenters. The maximum atomic E-state index is 13.9. The summed E-state index contributed by atoms with van der Waals surface area (Å²) in [4.78, 5) is 39.6. The van der Waals surface area contributed by atoms with Crippen molar-refractivity contribution in [2.24, 2.45) is 17.8 Å². The lowest BCUT2D eigenvalue weighted by molar-refractivity contribution is -0.136. The highest BCUT2D eigenvalue weighted by molar-refractivity contribution is 6.31. The molecule has 0 radical (unpaired) electrons. The Bertz CT molecular complexity index is 1800. The first kappa shape index (κ1) is 28.6. The number of aliphatic hydroxyl groups is 1. The van der Waals surface area contributed by atoms with E-state index in [4.69, 9.17) is 21.1 Å². The van der Waals surface area contributed by atoms with Crippen LogP contribution >= 0.6 is 11.6 Å². The fourth-order valence-corrected chi connectivity index (χ4v) is 8.20. The number of pyridine rings is 1. The van der Waals surface area contributed by atoms with Gasteiger partial charge in [0.15, 0.2) is 5.43 Å². The summed E-state index contributed by atoms with van der Waals surface area (Å²) in [6.07, 6.45) is 3.74. The van der Waals surface area contributed by atoms with Gasteiger partial charge < -0.3 is 19.9 Å². The number of hydrogen-bond acceptors (Lipinski definition) is 6. The SMILES string of the molecule is COC(=O)Oc1c(Cc2ccc(C(=O)NC3[C@@H]4CC5C[C@H]3CC(O)(C5)C4)cc2)c(=O)c2ccc(Cl)cc2n1-c1ccccc1. The molecule has 8 nitrogen and oxygen atoms in total. The normalized spacial score (nSPS) is 25.2. The largest absolute Gasteiger partial charge is 0.514 e. The van der Waals surface area contributed by atoms with Gasteiger partial charge in [-0.3, -0.25) is 14.2 Å². The Labute approximate surface area is 259 Å². The highest BCUT2D eigenvalue weighted by atomic mass is 35.5. The van der Waals surface area contributed by atoms with Crippen LogP contribution in [0, 0.1) is 17.8 Å². The van der Waals surface area contributed by atoms with Crippen molar-refractivity contribution in [3.05, 3.63) is 105 Å². The second kappa shape index (κ2) is 11.1. The Balaban J connectivity index is 1.21. The average molecular weight is 613 g/mol. The predicted molar refractivity (Wildman–Crippen MR) is 167 cm³/mol. The van der Waals surface area contributed by atoms with Crippen molar-refractivity contribution in [2.75, 3.05) is 7.11 Å². The van der Waals surface area contributed by atoms with Crippen LogP contribution in [-0.2, 0) is 11.2 Å². The second-order valence-corrected chi connectivity index (χ2v) is 13.0. The topological polar surface area (TPSA) is 107 Å². The summed E-state index contributed by atoms with van der Waals surface area (Å²) in [7, 11) is 1.21. The van der Waals surface area contributed by atoms with Crippen LogP contribution in [0.25, 0.3) is 16.6 Å². The molecule has 2 N–H and O–H groups in total. The number of aromatic nitrogens is 1. The lowest BCUT2D eigenvalue weighted by Gasteiger charge is -2.58. The number of hydrogen-bond donors (Lipinski definition) is 2. The van der Waals surface area contributed by atoms with Gasteiger partial charge in [0, 0.05) is 34.1 Å². The van der Waals surface area contributed by atoms with Crippen molar-refractivity contribution in [3.8, 4) is 11.6 Å². The third-order valence-electron chi connectivity index (χ3n) is 9.68. The van der Waals surface area contributed by atoms with E-state index in [0.29, 0.717) is 44.9 Å². The Morgan fingerprint density at radius 3 is 2.36 bits per heavy atom. The molecule has 8 rings (SSSR count). The molecule has 0 saturated heterocycles. The molecule has 4 aliphatic rings. The number of rotatable bonds is 6. The number of carbonyl (C=O) groups excluding carboxylic acids is 2. The minimum absolute atomic E-state index is 0.0354. The van der Waals surface area contributed by atoms with Crippen LogP contribution in [0.4, 0.5) is 4.79 Å². The fraction of sp³-hybridized carbons (Fsp3) is 0.343. The molecule has 5 atom stereocenters. The second-order valence-electron chi connectivity index (χ2n) is 12.6. The number of nitrogens with zero attached hydrogens (tertiary/aromatic N) is 1. The molecule has 226 valence electrons. The van der Waals surface area contributed by atoms with Crippen molar-refractivity contribution in [1.29, 1.82) is 0 Å². The maximum absolute atomic E-state index is 13.9. The fourth-order valence-electron chi connectivity index (χ4n) is 8.03. The van der Waals surface area contributed by atoms with Gasteiger partial charge in [-0.2, -0.15) is 0 Å². The molecule has 4 saturated carbocycles. The molecular weight excluding hydrogens is 580 g/mol. The molecule has 1 aromatic heterocycles. The number of carbonyl (C=O) groups is 2. The van der Waals surface area contributed by atoms with E-state index < -0.39 is 11.8 Å². The van der Waals surface area contributed by atoms with Gasteiger partial charge in [-0.1, -0.05) is 41.9 Å². The molecule has 4 bridgehead atoms. The molecule has 4 aliphatic carbocycles. The van der Waals surface area contributed by atoms with Crippen molar-refractivity contribution in [3.63, 3.8) is 0 Å². The summed E-state index contributed by atoms with van der Waals surface area (Å²) < 4.78 is 12.2. The number of halogens is 1. The molecule has 9 heteroatoms. The summed E-state index contributed by atoms with van der Waals surface area (Å²) in [6.45, 7) is 0. The van der Waals surface area contributed by atoms with Gasteiger partial charge in [0.25, 0.3) is 5.91 Å². The van der Waals surface area contributed by atoms with Crippen LogP contribution < -0.4 is 15.5 Å². The maximum Gasteiger partial charge on any atom is 0.514 e. The first-order valence-electron chi connectivity index (χ1n) is 15.0. The van der Waals surface area contributed by atoms with E-state index in [-0.39, 0.29) is 35.2 Å². The first-order valence-corrected chi connectivity index (χ1v) is 15.4. The van der Waals surface area contributed by atoms with E-state index in [2.05, 4.69) is 5.32 Å². The van der Waals surface area contributed by atoms with Crippen molar-refractivity contribution in [2.45, 2.75) is 50.2 Å². The number of fused-ring (bicyclic) bond motifs is 1. The zero-order valence-electron chi connectivity index (χ0n) is 24.3. The van der Waals surface area contributed by atoms with Gasteiger partial charge in [0.1, 0.15) is 0 Å². The molecule has 44 heavy (non-hydrogen) atoms. The van der Waals surface area contributed by atoms with Crippen molar-refractivity contribution >= 4 is 34.6 Å². The summed E-state index contributed by atoms with van der Waals surface area (Å²) in [5.74, 6) is 1.10. The van der Waals surface area contributed by atoms with E-state index in [0.717, 1.165) is 37.7 Å². The Hall–Kier alpha value is -4.14. The third-order valence-corrected chi connectivity index (χ3v) is 9.91. The summed E-state index contributed by atoms with van der Waals surface area (Å²) in [5.41, 5.74) is 1.86. The quantitative estimate of drug-likeness (QED) is 0.257. The molecule has 1 heterocycles. The predicted octanol–water partition coefficient (Wildman–Crippen LogP) is 6.05. The van der Waals surface area contributed by atoms with Crippen LogP contribution in [0.5, 0.6) is 5.88 Å². The van der Waals surface area contributed by atoms with Gasteiger partial charge in [-0.05, 0) is 97.9 Å². The summed E-state index contributed by atoms with van der Waals surface area (Å²) in [5, 5.41) is 15.0. The van der Waals surface area contributed by atoms with Crippen molar-refractivity contribution in [1.82, 2.24) is 9.88 Å². The number of methoxy groups -OCH3 is 1. The number of ether oxygens (including phenoxy) is 2. The van der Waals surface area contributed by atoms with Gasteiger partial charge in [-0.25, -0.2) is 4.79 Å². The van der Waals surface area contributed by atoms with Gasteiger partial charge in [0.05, 0.1) is 23.8 Å². The van der Waals surface area contributed by atoms with E-state index in [1.807, 2.05) is 42.5 Å². The van der Waals surface area contributed by atoms with Crippen LogP contribution in [-0.4, -0.2) is 40.5 Å². The van der Waals surface area contributed by atoms with Crippen molar-refractivity contribution < 1.29 is 24.2 Å². The minimum Gasteiger partial charge on any atom is -0.437 e. The minimum atomic E-state index is -0.958. The smallest absolute Gasteiger partial charge is 0.437 e. The molecule has 0 spiro atoms. The number of para-hydroxylation sites is 1. The molecule has 3 aromatic carbocycles. The lowest BCUT2D eigenvalue weighted by Crippen LogP contribution is -2.61. The average Bonchev–Trinajstić information content (AvgIpc) is 3.00. The third kappa shape index (κ3) is 5.16. The zero-order valence-corrected chi connectivity index (χ0v) is 25.0. The van der Waals surface area contributed by atoms with E-state index >= 15 is 0 Å². The number of amides is 1. The van der Waals surface area contributed by atoms with Gasteiger partial charge >= 0.3 is 6.16 Å². The van der Waals surface area contributed by atoms with Crippen LogP contribution in [0.1, 0.15) is 53.6 Å². The van der Waals surface area contributed by atoms with Gasteiger partial charge in [0.2, 0.25) is 5.88 Å². The molecule has 0 aliphatic heterocycles. The molecule has 4 aromatic rings. The Morgan fingerprint density at radius 2 is 1.70 bits per heavy atom. The molecule has 1 amide bonds. The highest BCUT2D eigenvalue weighted by Crippen LogP contribution is 2.55. The monoisotopic (exact) mass is 612 g/mol. The summed E-state index contributed by atoms with van der Waals surface area (Å²) >= 11 is 6.34. The lowest BCUT2D eigenvalue weighted by atomic mass is 9.52. The van der Waals surface area contributed by atoms with E-state index in [1.54, 1.807) is 34.9 Å². The standard InChI is InChI=1S/C35H33ClN2O6/c1-43-34(41)44-33-28(31(39)27-12-11-25(36)16-29(27)38(33)26-5-3-2-4-6-26)15-20-7-9-22(10-8-20)32(40)37-30-23-13-21-14-24(30)19-35(42,17-21)18-23/h2-12,16,21,23-24,30,42H,13-15,17-19H2,1H3,(H,37,40)/t21?,23-,24+,30?,35?. The van der Waals surface area contributed by atoms with Crippen LogP contribution in [0.3, 0.4) is 0 Å². The molecular formula is C35H33ClN2O6. The highest BCUT2D eigenvalue weighted by Gasteiger charge is 2.55. The van der Waals surface area contributed by atoms with E-state index in [9.17, 15) is 19.5 Å². The number of benzene rings is 3. The first-order chi connectivity index (χ1) is 21.2. The van der Waals surface area contributed by atoms with E-state index in [1.165, 1.54) is 7.11 Å². The van der Waals surface area contributed by atoms with Gasteiger partial charge in [-0.15, -0.1) is 0 Å². The molecule has 4 fully saturated rings. The summed E-state index contributed by atoms with van der Waals surface area (Å²) in [6, 6.07) is 21.5.